The smallest absolute Gasteiger partial charge is 0.248 e. The number of aromatic nitrogens is 2. The Bertz CT molecular complexity index is 1220. The number of carbonyl (C=O) groups is 3. The molecule has 3 amide bonds. The molecule has 2 heterocycles. The van der Waals surface area contributed by atoms with Gasteiger partial charge >= 0.3 is 0 Å². The fourth-order valence-electron chi connectivity index (χ4n) is 5.49. The first-order valence-corrected chi connectivity index (χ1v) is 16.6. The normalized spacial score (nSPS) is 19.6. The summed E-state index contributed by atoms with van der Waals surface area (Å²) in [5.74, 6) is -1.39. The van der Waals surface area contributed by atoms with Crippen molar-refractivity contribution in [3.63, 3.8) is 0 Å². The van der Waals surface area contributed by atoms with Crippen LogP contribution in [0.25, 0.3) is 0 Å². The molecule has 1 aliphatic rings. The highest BCUT2D eigenvalue weighted by Gasteiger charge is 2.38. The predicted octanol–water partition coefficient (Wildman–Crippen LogP) is 3.92. The van der Waals surface area contributed by atoms with Gasteiger partial charge in [-0.05, 0) is 49.1 Å². The second kappa shape index (κ2) is 15.4. The number of carbonyl (C=O) groups excluding carboxylic acids is 3. The molecule has 3 N–H and O–H groups in total. The Balaban J connectivity index is 1.80. The van der Waals surface area contributed by atoms with Gasteiger partial charge in [0.1, 0.15) is 6.04 Å². The predicted molar refractivity (Wildman–Crippen MR) is 156 cm³/mol. The molecule has 0 radical (unpaired) electrons. The van der Waals surface area contributed by atoms with Crippen molar-refractivity contribution in [3.05, 3.63) is 36.0 Å². The first kappa shape index (κ1) is 32.6. The third kappa shape index (κ3) is 9.57. The van der Waals surface area contributed by atoms with E-state index in [-0.39, 0.29) is 35.5 Å². The van der Waals surface area contributed by atoms with Gasteiger partial charge < -0.3 is 10.6 Å². The van der Waals surface area contributed by atoms with Gasteiger partial charge in [0.15, 0.2) is 20.0 Å². The molecule has 0 aliphatic heterocycles. The van der Waals surface area contributed by atoms with Crippen LogP contribution in [0.1, 0.15) is 65.7 Å². The summed E-state index contributed by atoms with van der Waals surface area (Å²) < 4.78 is 25.5. The molecule has 2 aromatic rings. The van der Waals surface area contributed by atoms with Crippen LogP contribution in [0.5, 0.6) is 0 Å². The Morgan fingerprint density at radius 1 is 1.15 bits per heavy atom. The lowest BCUT2D eigenvalue weighted by atomic mass is 9.75. The van der Waals surface area contributed by atoms with Gasteiger partial charge in [0, 0.05) is 17.8 Å². The van der Waals surface area contributed by atoms with Crippen LogP contribution in [0.15, 0.2) is 41.0 Å². The van der Waals surface area contributed by atoms with Crippen molar-refractivity contribution < 1.29 is 28.0 Å². The Morgan fingerprint density at radius 2 is 1.88 bits per heavy atom. The fourth-order valence-corrected chi connectivity index (χ4v) is 7.28. The zero-order valence-corrected chi connectivity index (χ0v) is 25.4. The first-order valence-electron chi connectivity index (χ1n) is 14.1. The van der Waals surface area contributed by atoms with E-state index < -0.39 is 39.7 Å². The molecule has 13 heteroatoms. The van der Waals surface area contributed by atoms with E-state index in [9.17, 15) is 28.0 Å². The summed E-state index contributed by atoms with van der Waals surface area (Å²) in [6.45, 7) is 5.87. The Labute approximate surface area is 246 Å². The average Bonchev–Trinajstić information content (AvgIpc) is 3.46. The molecule has 11 nitrogen and oxygen atoms in total. The largest absolute Gasteiger partial charge is 0.344 e. The van der Waals surface area contributed by atoms with Crippen molar-refractivity contribution in [2.24, 2.45) is 23.7 Å². The van der Waals surface area contributed by atoms with Gasteiger partial charge in [0.2, 0.25) is 18.2 Å². The van der Waals surface area contributed by atoms with E-state index in [0.29, 0.717) is 28.9 Å². The van der Waals surface area contributed by atoms with E-state index in [0.717, 1.165) is 25.7 Å². The number of hydrogen-bond donors (Lipinski definition) is 3. The second-order valence-electron chi connectivity index (χ2n) is 11.2. The number of hydrogen-bond acceptors (Lipinski definition) is 9. The van der Waals surface area contributed by atoms with Crippen LogP contribution in [-0.2, 0) is 24.2 Å². The standard InChI is InChI=1S/C28H41N5O6S2/c1-19(2)25(33(37)18-34)22(17-21-11-9-20(3)10-12-21)26(35)31-23(27(36)32-28-30-14-15-40-28)7-6-16-41(38,39)24-8-4-5-13-29-24/h4-5,8,13-15,18-23,25,37H,6-7,9-12,16-17H2,1-3H3,(H,31,35)(H,30,32,36)/t20?,21?,22-,23+,25+/m1/s1. The van der Waals surface area contributed by atoms with E-state index in [2.05, 4.69) is 27.5 Å². The highest BCUT2D eigenvalue weighted by Crippen LogP contribution is 2.35. The molecule has 226 valence electrons. The number of amides is 3. The van der Waals surface area contributed by atoms with Gasteiger partial charge in [-0.3, -0.25) is 19.6 Å². The van der Waals surface area contributed by atoms with Crippen molar-refractivity contribution >= 4 is 44.5 Å². The fraction of sp³-hybridized carbons (Fsp3) is 0.607. The lowest BCUT2D eigenvalue weighted by Crippen LogP contribution is -2.53. The maximum absolute atomic E-state index is 13.9. The van der Waals surface area contributed by atoms with Crippen LogP contribution >= 0.6 is 11.3 Å². The number of sulfone groups is 1. The molecule has 1 aliphatic carbocycles. The third-order valence-electron chi connectivity index (χ3n) is 7.73. The Hall–Kier alpha value is -2.90. The van der Waals surface area contributed by atoms with E-state index in [1.54, 1.807) is 17.5 Å². The zero-order valence-electron chi connectivity index (χ0n) is 23.8. The average molecular weight is 608 g/mol. The lowest BCUT2D eigenvalue weighted by molar-refractivity contribution is -0.174. The molecule has 0 bridgehead atoms. The van der Waals surface area contributed by atoms with Crippen LogP contribution in [0.4, 0.5) is 5.13 Å². The number of nitrogens with one attached hydrogen (secondary N) is 2. The summed E-state index contributed by atoms with van der Waals surface area (Å²) in [5, 5.41) is 18.5. The highest BCUT2D eigenvalue weighted by molar-refractivity contribution is 7.91. The maximum Gasteiger partial charge on any atom is 0.248 e. The van der Waals surface area contributed by atoms with Gasteiger partial charge in [-0.2, -0.15) is 0 Å². The quantitative estimate of drug-likeness (QED) is 0.156. The summed E-state index contributed by atoms with van der Waals surface area (Å²) in [6, 6.07) is 2.78. The molecule has 0 saturated heterocycles. The van der Waals surface area contributed by atoms with Gasteiger partial charge in [0.25, 0.3) is 0 Å². The van der Waals surface area contributed by atoms with Crippen molar-refractivity contribution in [1.82, 2.24) is 20.3 Å². The summed E-state index contributed by atoms with van der Waals surface area (Å²) >= 11 is 1.22. The SMILES string of the molecule is CC1CCC(C[C@@H](C(=O)N[C@@H](CCCS(=O)(=O)c2ccccn2)C(=O)Nc2nccs2)[C@H](C(C)C)N(O)C=O)CC1. The molecule has 41 heavy (non-hydrogen) atoms. The minimum absolute atomic E-state index is 0.0472. The summed E-state index contributed by atoms with van der Waals surface area (Å²) in [6.07, 6.45) is 7.83. The molecular formula is C28H41N5O6S2. The molecular weight excluding hydrogens is 566 g/mol. The van der Waals surface area contributed by atoms with E-state index in [1.807, 2.05) is 13.8 Å². The number of thiazole rings is 1. The van der Waals surface area contributed by atoms with Crippen LogP contribution in [0, 0.1) is 23.7 Å². The van der Waals surface area contributed by atoms with Crippen molar-refractivity contribution in [2.45, 2.75) is 82.8 Å². The molecule has 3 rings (SSSR count). The Morgan fingerprint density at radius 3 is 2.46 bits per heavy atom. The Kier molecular flexibility index (Phi) is 12.2. The third-order valence-corrected chi connectivity index (χ3v) is 10.1. The molecule has 3 atom stereocenters. The molecule has 1 saturated carbocycles. The van der Waals surface area contributed by atoms with E-state index in [1.165, 1.54) is 29.8 Å². The zero-order chi connectivity index (χ0) is 30.0. The highest BCUT2D eigenvalue weighted by atomic mass is 32.2. The van der Waals surface area contributed by atoms with Crippen molar-refractivity contribution in [3.8, 4) is 0 Å². The summed E-state index contributed by atoms with van der Waals surface area (Å²) in [5.41, 5.74) is 0. The maximum atomic E-state index is 13.9. The molecule has 2 aromatic heterocycles. The van der Waals surface area contributed by atoms with Crippen LogP contribution in [0.2, 0.25) is 0 Å². The number of pyridine rings is 1. The van der Waals surface area contributed by atoms with Crippen molar-refractivity contribution in [2.75, 3.05) is 11.1 Å². The monoisotopic (exact) mass is 607 g/mol. The molecule has 0 unspecified atom stereocenters. The molecule has 1 fully saturated rings. The lowest BCUT2D eigenvalue weighted by Gasteiger charge is -2.37. The van der Waals surface area contributed by atoms with E-state index in [4.69, 9.17) is 0 Å². The minimum atomic E-state index is -3.68. The van der Waals surface area contributed by atoms with Gasteiger partial charge in [0.05, 0.1) is 17.7 Å². The number of nitrogens with zero attached hydrogens (tertiary/aromatic N) is 3. The molecule has 0 spiro atoms. The van der Waals surface area contributed by atoms with Crippen molar-refractivity contribution in [1.29, 1.82) is 0 Å². The van der Waals surface area contributed by atoms with Crippen LogP contribution in [0.3, 0.4) is 0 Å². The van der Waals surface area contributed by atoms with Gasteiger partial charge in [-0.25, -0.2) is 23.4 Å². The topological polar surface area (TPSA) is 159 Å². The first-order chi connectivity index (χ1) is 19.5. The van der Waals surface area contributed by atoms with Crippen LogP contribution in [-0.4, -0.2) is 64.7 Å². The van der Waals surface area contributed by atoms with E-state index >= 15 is 0 Å². The number of hydroxylamine groups is 2. The molecule has 0 aromatic carbocycles. The number of rotatable bonds is 15. The summed E-state index contributed by atoms with van der Waals surface area (Å²) in [4.78, 5) is 46.7. The number of anilines is 1. The summed E-state index contributed by atoms with van der Waals surface area (Å²) in [7, 11) is -3.68. The van der Waals surface area contributed by atoms with Gasteiger partial charge in [-0.15, -0.1) is 11.3 Å². The van der Waals surface area contributed by atoms with Crippen LogP contribution < -0.4 is 10.6 Å². The van der Waals surface area contributed by atoms with Gasteiger partial charge in [-0.1, -0.05) is 52.5 Å². The minimum Gasteiger partial charge on any atom is -0.344 e. The second-order valence-corrected chi connectivity index (χ2v) is 14.2.